The Bertz CT molecular complexity index is 638. The smallest absolute Gasteiger partial charge is 0.331 e. The standard InChI is InChI=1S/C17H17NO4S/c19-16(18-10-11-21-14-5-2-1-3-6-14)13-22-17(20)9-8-15-7-4-12-23-15/h1-9,12H,10-11,13H2,(H,18,19)/b9-8+. The Morgan fingerprint density at radius 3 is 2.70 bits per heavy atom. The van der Waals surface area contributed by atoms with Crippen LogP contribution in [0.2, 0.25) is 0 Å². The van der Waals surface area contributed by atoms with Crippen molar-refractivity contribution in [2.24, 2.45) is 0 Å². The van der Waals surface area contributed by atoms with Crippen molar-refractivity contribution in [3.63, 3.8) is 0 Å². The summed E-state index contributed by atoms with van der Waals surface area (Å²) < 4.78 is 10.3. The second-order valence-corrected chi connectivity index (χ2v) is 5.45. The summed E-state index contributed by atoms with van der Waals surface area (Å²) >= 11 is 1.51. The summed E-state index contributed by atoms with van der Waals surface area (Å²) in [6.45, 7) is 0.386. The highest BCUT2D eigenvalue weighted by molar-refractivity contribution is 7.10. The van der Waals surface area contributed by atoms with Gasteiger partial charge in [0, 0.05) is 11.0 Å². The van der Waals surface area contributed by atoms with Crippen LogP contribution in [0.3, 0.4) is 0 Å². The Morgan fingerprint density at radius 2 is 1.96 bits per heavy atom. The van der Waals surface area contributed by atoms with Gasteiger partial charge < -0.3 is 14.8 Å². The minimum absolute atomic E-state index is 0.307. The van der Waals surface area contributed by atoms with Crippen molar-refractivity contribution in [2.75, 3.05) is 19.8 Å². The van der Waals surface area contributed by atoms with Crippen molar-refractivity contribution >= 4 is 29.3 Å². The van der Waals surface area contributed by atoms with Crippen LogP contribution >= 0.6 is 11.3 Å². The van der Waals surface area contributed by atoms with Crippen LogP contribution in [0.1, 0.15) is 4.88 Å². The molecule has 0 spiro atoms. The Kier molecular flexibility index (Phi) is 6.87. The number of carbonyl (C=O) groups excluding carboxylic acids is 2. The van der Waals surface area contributed by atoms with Gasteiger partial charge >= 0.3 is 5.97 Å². The van der Waals surface area contributed by atoms with Gasteiger partial charge in [-0.15, -0.1) is 11.3 Å². The molecule has 0 unspecified atom stereocenters. The normalized spacial score (nSPS) is 10.4. The molecule has 1 aromatic carbocycles. The first-order chi connectivity index (χ1) is 11.2. The SMILES string of the molecule is O=C(COC(=O)/C=C/c1cccs1)NCCOc1ccccc1. The van der Waals surface area contributed by atoms with Gasteiger partial charge in [0.2, 0.25) is 0 Å². The van der Waals surface area contributed by atoms with E-state index in [0.29, 0.717) is 13.2 Å². The summed E-state index contributed by atoms with van der Waals surface area (Å²) in [5.74, 6) is -0.166. The molecule has 0 saturated heterocycles. The highest BCUT2D eigenvalue weighted by atomic mass is 32.1. The van der Waals surface area contributed by atoms with E-state index < -0.39 is 5.97 Å². The second kappa shape index (κ2) is 9.42. The van der Waals surface area contributed by atoms with Gasteiger partial charge in [-0.3, -0.25) is 4.79 Å². The molecule has 2 aromatic rings. The molecule has 0 saturated carbocycles. The molecule has 0 radical (unpaired) electrons. The fraction of sp³-hybridized carbons (Fsp3) is 0.176. The molecule has 0 aliphatic rings. The van der Waals surface area contributed by atoms with Crippen LogP contribution < -0.4 is 10.1 Å². The zero-order chi connectivity index (χ0) is 16.3. The van der Waals surface area contributed by atoms with Crippen molar-refractivity contribution < 1.29 is 19.1 Å². The van der Waals surface area contributed by atoms with Crippen LogP contribution in [0.4, 0.5) is 0 Å². The van der Waals surface area contributed by atoms with Crippen LogP contribution in [-0.2, 0) is 14.3 Å². The fourth-order valence-electron chi connectivity index (χ4n) is 1.65. The highest BCUT2D eigenvalue weighted by Crippen LogP contribution is 2.10. The third kappa shape index (κ3) is 6.80. The zero-order valence-corrected chi connectivity index (χ0v) is 13.3. The predicted octanol–water partition coefficient (Wildman–Crippen LogP) is 2.50. The topological polar surface area (TPSA) is 64.6 Å². The van der Waals surface area contributed by atoms with Gasteiger partial charge in [-0.05, 0) is 29.7 Å². The first kappa shape index (κ1) is 16.8. The lowest BCUT2D eigenvalue weighted by atomic mass is 10.3. The lowest BCUT2D eigenvalue weighted by molar-refractivity contribution is -0.143. The molecule has 6 heteroatoms. The third-order valence-corrected chi connectivity index (χ3v) is 3.55. The molecule has 1 heterocycles. The highest BCUT2D eigenvalue weighted by Gasteiger charge is 2.04. The number of para-hydroxylation sites is 1. The number of thiophene rings is 1. The van der Waals surface area contributed by atoms with E-state index in [-0.39, 0.29) is 12.5 Å². The van der Waals surface area contributed by atoms with Gasteiger partial charge in [-0.2, -0.15) is 0 Å². The molecule has 0 atom stereocenters. The van der Waals surface area contributed by atoms with E-state index in [9.17, 15) is 9.59 Å². The molecule has 1 aromatic heterocycles. The van der Waals surface area contributed by atoms with E-state index in [1.165, 1.54) is 17.4 Å². The van der Waals surface area contributed by atoms with E-state index in [4.69, 9.17) is 9.47 Å². The van der Waals surface area contributed by atoms with Crippen LogP contribution in [0.15, 0.2) is 53.9 Å². The predicted molar refractivity (Wildman–Crippen MR) is 89.3 cm³/mol. The number of hydrogen-bond acceptors (Lipinski definition) is 5. The molecule has 1 N–H and O–H groups in total. The number of amides is 1. The molecule has 1 amide bonds. The molecule has 2 rings (SSSR count). The van der Waals surface area contributed by atoms with E-state index in [1.807, 2.05) is 47.8 Å². The monoisotopic (exact) mass is 331 g/mol. The molecule has 0 aliphatic heterocycles. The van der Waals surface area contributed by atoms with E-state index in [1.54, 1.807) is 6.08 Å². The number of carbonyl (C=O) groups is 2. The van der Waals surface area contributed by atoms with Gasteiger partial charge in [0.05, 0.1) is 6.54 Å². The molecular weight excluding hydrogens is 314 g/mol. The van der Waals surface area contributed by atoms with Crippen LogP contribution in [0, 0.1) is 0 Å². The van der Waals surface area contributed by atoms with Gasteiger partial charge in [-0.25, -0.2) is 4.79 Å². The average molecular weight is 331 g/mol. The summed E-state index contributed by atoms with van der Waals surface area (Å²) in [5.41, 5.74) is 0. The van der Waals surface area contributed by atoms with Crippen molar-refractivity contribution in [2.45, 2.75) is 0 Å². The maximum Gasteiger partial charge on any atom is 0.331 e. The van der Waals surface area contributed by atoms with E-state index in [0.717, 1.165) is 10.6 Å². The number of hydrogen-bond donors (Lipinski definition) is 1. The maximum atomic E-state index is 11.5. The largest absolute Gasteiger partial charge is 0.492 e. The summed E-state index contributed by atoms with van der Waals surface area (Å²) in [5, 5.41) is 4.53. The quantitative estimate of drug-likeness (QED) is 0.458. The molecule has 23 heavy (non-hydrogen) atoms. The Labute approximate surface area is 138 Å². The van der Waals surface area contributed by atoms with Gasteiger partial charge in [0.1, 0.15) is 12.4 Å². The summed E-state index contributed by atoms with van der Waals surface area (Å²) in [6.07, 6.45) is 2.95. The molecular formula is C17H17NO4S. The lowest BCUT2D eigenvalue weighted by Crippen LogP contribution is -2.31. The summed E-state index contributed by atoms with van der Waals surface area (Å²) in [7, 11) is 0. The van der Waals surface area contributed by atoms with Gasteiger partial charge in [0.15, 0.2) is 6.61 Å². The number of nitrogens with one attached hydrogen (secondary N) is 1. The van der Waals surface area contributed by atoms with E-state index >= 15 is 0 Å². The first-order valence-electron chi connectivity index (χ1n) is 7.07. The first-order valence-corrected chi connectivity index (χ1v) is 7.95. The summed E-state index contributed by atoms with van der Waals surface area (Å²) in [6, 6.07) is 13.1. The lowest BCUT2D eigenvalue weighted by Gasteiger charge is -2.07. The van der Waals surface area contributed by atoms with Gasteiger partial charge in [0.25, 0.3) is 5.91 Å². The van der Waals surface area contributed by atoms with Crippen molar-refractivity contribution in [3.8, 4) is 5.75 Å². The minimum atomic E-state index is -0.547. The maximum absolute atomic E-state index is 11.5. The second-order valence-electron chi connectivity index (χ2n) is 4.47. The van der Waals surface area contributed by atoms with E-state index in [2.05, 4.69) is 5.32 Å². The molecule has 5 nitrogen and oxygen atoms in total. The van der Waals surface area contributed by atoms with Crippen LogP contribution in [0.5, 0.6) is 5.75 Å². The van der Waals surface area contributed by atoms with Gasteiger partial charge in [-0.1, -0.05) is 24.3 Å². The number of rotatable bonds is 8. The Hall–Kier alpha value is -2.60. The van der Waals surface area contributed by atoms with Crippen molar-refractivity contribution in [1.29, 1.82) is 0 Å². The zero-order valence-electron chi connectivity index (χ0n) is 12.4. The Morgan fingerprint density at radius 1 is 1.13 bits per heavy atom. The minimum Gasteiger partial charge on any atom is -0.492 e. The van der Waals surface area contributed by atoms with Crippen molar-refractivity contribution in [3.05, 3.63) is 58.8 Å². The number of ether oxygens (including phenoxy) is 2. The van der Waals surface area contributed by atoms with Crippen molar-refractivity contribution in [1.82, 2.24) is 5.32 Å². The van der Waals surface area contributed by atoms with Crippen LogP contribution in [-0.4, -0.2) is 31.6 Å². The molecule has 0 bridgehead atoms. The third-order valence-electron chi connectivity index (χ3n) is 2.71. The number of esters is 1. The average Bonchev–Trinajstić information content (AvgIpc) is 3.09. The fourth-order valence-corrected chi connectivity index (χ4v) is 2.27. The Balaban J connectivity index is 1.57. The molecule has 0 fully saturated rings. The molecule has 0 aliphatic carbocycles. The van der Waals surface area contributed by atoms with Crippen LogP contribution in [0.25, 0.3) is 6.08 Å². The molecule has 120 valence electrons. The number of benzene rings is 1. The summed E-state index contributed by atoms with van der Waals surface area (Å²) in [4.78, 5) is 23.9.